The first-order valence-corrected chi connectivity index (χ1v) is 4.53. The number of hydrogen-bond donors (Lipinski definition) is 1. The molecule has 0 aromatic heterocycles. The van der Waals surface area contributed by atoms with Crippen molar-refractivity contribution in [3.05, 3.63) is 11.6 Å². The van der Waals surface area contributed by atoms with Gasteiger partial charge in [0.1, 0.15) is 0 Å². The summed E-state index contributed by atoms with van der Waals surface area (Å²) >= 11 is 0. The third-order valence-electron chi connectivity index (χ3n) is 2.28. The highest BCUT2D eigenvalue weighted by Crippen LogP contribution is 2.17. The van der Waals surface area contributed by atoms with Crippen LogP contribution in [0.15, 0.2) is 16.6 Å². The van der Waals surface area contributed by atoms with Crippen molar-refractivity contribution >= 4 is 11.7 Å². The number of hydrogen-bond acceptors (Lipinski definition) is 2. The van der Waals surface area contributed by atoms with Gasteiger partial charge in [0.15, 0.2) is 0 Å². The number of carboxylic acid groups (broad SMARTS) is 1. The summed E-state index contributed by atoms with van der Waals surface area (Å²) in [5, 5.41) is 8.60. The van der Waals surface area contributed by atoms with E-state index in [1.54, 1.807) is 13.0 Å². The fraction of sp³-hybridized carbons (Fsp3) is 0.600. The molecule has 0 aliphatic carbocycles. The molecule has 1 rings (SSSR count). The van der Waals surface area contributed by atoms with E-state index < -0.39 is 5.97 Å². The molecule has 0 aromatic carbocycles. The number of nitrogens with zero attached hydrogens (tertiary/aromatic N) is 1. The number of aliphatic imine (C=N–C) groups is 1. The first-order valence-electron chi connectivity index (χ1n) is 4.53. The molecule has 72 valence electrons. The molecule has 3 heteroatoms. The summed E-state index contributed by atoms with van der Waals surface area (Å²) in [6, 6.07) is 0.314. The van der Waals surface area contributed by atoms with E-state index in [1.807, 2.05) is 6.92 Å². The minimum absolute atomic E-state index is 0.314. The van der Waals surface area contributed by atoms with Crippen LogP contribution in [0.25, 0.3) is 0 Å². The third-order valence-corrected chi connectivity index (χ3v) is 2.28. The summed E-state index contributed by atoms with van der Waals surface area (Å²) in [5.74, 6) is -0.835. The van der Waals surface area contributed by atoms with Crippen LogP contribution in [-0.2, 0) is 4.79 Å². The Labute approximate surface area is 78.2 Å². The topological polar surface area (TPSA) is 49.7 Å². The minimum atomic E-state index is -0.835. The van der Waals surface area contributed by atoms with Crippen molar-refractivity contribution in [2.45, 2.75) is 39.2 Å². The van der Waals surface area contributed by atoms with Crippen molar-refractivity contribution in [1.29, 1.82) is 0 Å². The molecule has 0 amide bonds. The van der Waals surface area contributed by atoms with Gasteiger partial charge in [-0.15, -0.1) is 0 Å². The number of aliphatic carboxylic acids is 1. The van der Waals surface area contributed by atoms with Gasteiger partial charge in [0.2, 0.25) is 0 Å². The summed E-state index contributed by atoms with van der Waals surface area (Å²) in [6.45, 7) is 3.64. The molecule has 1 aliphatic rings. The summed E-state index contributed by atoms with van der Waals surface area (Å²) in [7, 11) is 0. The van der Waals surface area contributed by atoms with Gasteiger partial charge >= 0.3 is 5.97 Å². The number of carboxylic acids is 1. The zero-order chi connectivity index (χ0) is 9.84. The van der Waals surface area contributed by atoms with Crippen LogP contribution in [0.1, 0.15) is 33.1 Å². The smallest absolute Gasteiger partial charge is 0.330 e. The second-order valence-electron chi connectivity index (χ2n) is 3.48. The minimum Gasteiger partial charge on any atom is -0.478 e. The van der Waals surface area contributed by atoms with E-state index in [4.69, 9.17) is 5.11 Å². The van der Waals surface area contributed by atoms with E-state index in [9.17, 15) is 4.79 Å². The standard InChI is InChI=1S/C10H15NO2/c1-7(10(12)13)3-5-9-6-4-8(2)11-9/h3,9H,4-6H2,1-2H3,(H,12,13). The zero-order valence-corrected chi connectivity index (χ0v) is 8.08. The van der Waals surface area contributed by atoms with E-state index in [2.05, 4.69) is 4.99 Å². The van der Waals surface area contributed by atoms with Crippen molar-refractivity contribution < 1.29 is 9.90 Å². The molecule has 1 atom stereocenters. The molecule has 0 saturated heterocycles. The fourth-order valence-electron chi connectivity index (χ4n) is 1.39. The Bertz CT molecular complexity index is 266. The number of carbonyl (C=O) groups is 1. The summed E-state index contributed by atoms with van der Waals surface area (Å²) in [5.41, 5.74) is 1.60. The zero-order valence-electron chi connectivity index (χ0n) is 8.08. The molecule has 1 heterocycles. The van der Waals surface area contributed by atoms with Crippen LogP contribution < -0.4 is 0 Å². The Hall–Kier alpha value is -1.12. The fourth-order valence-corrected chi connectivity index (χ4v) is 1.39. The molecular formula is C10H15NO2. The highest BCUT2D eigenvalue weighted by atomic mass is 16.4. The van der Waals surface area contributed by atoms with Crippen molar-refractivity contribution in [1.82, 2.24) is 0 Å². The van der Waals surface area contributed by atoms with E-state index in [1.165, 1.54) is 5.71 Å². The summed E-state index contributed by atoms with van der Waals surface area (Å²) in [4.78, 5) is 14.9. The van der Waals surface area contributed by atoms with Gasteiger partial charge in [-0.2, -0.15) is 0 Å². The maximum atomic E-state index is 10.5. The summed E-state index contributed by atoms with van der Waals surface area (Å²) < 4.78 is 0. The third kappa shape index (κ3) is 3.01. The lowest BCUT2D eigenvalue weighted by Gasteiger charge is -2.01. The molecule has 1 aliphatic heterocycles. The average molecular weight is 181 g/mol. The van der Waals surface area contributed by atoms with Crippen molar-refractivity contribution in [3.8, 4) is 0 Å². The van der Waals surface area contributed by atoms with Crippen LogP contribution >= 0.6 is 0 Å². The van der Waals surface area contributed by atoms with Crippen molar-refractivity contribution in [2.24, 2.45) is 4.99 Å². The molecule has 0 spiro atoms. The van der Waals surface area contributed by atoms with Gasteiger partial charge in [0, 0.05) is 11.3 Å². The van der Waals surface area contributed by atoms with Crippen LogP contribution in [0.2, 0.25) is 0 Å². The quantitative estimate of drug-likeness (QED) is 0.677. The Kier molecular flexibility index (Phi) is 3.23. The van der Waals surface area contributed by atoms with Crippen molar-refractivity contribution in [3.63, 3.8) is 0 Å². The van der Waals surface area contributed by atoms with Gasteiger partial charge < -0.3 is 5.11 Å². The molecule has 13 heavy (non-hydrogen) atoms. The van der Waals surface area contributed by atoms with E-state index >= 15 is 0 Å². The van der Waals surface area contributed by atoms with Crippen LogP contribution in [0, 0.1) is 0 Å². The predicted octanol–water partition coefficient (Wildman–Crippen LogP) is 2.03. The Morgan fingerprint density at radius 2 is 2.46 bits per heavy atom. The molecular weight excluding hydrogens is 166 g/mol. The summed E-state index contributed by atoms with van der Waals surface area (Å²) in [6.07, 6.45) is 4.64. The first kappa shape index (κ1) is 9.96. The molecule has 0 saturated carbocycles. The predicted molar refractivity (Wildman–Crippen MR) is 52.1 cm³/mol. The highest BCUT2D eigenvalue weighted by molar-refractivity contribution is 5.86. The molecule has 1 unspecified atom stereocenters. The highest BCUT2D eigenvalue weighted by Gasteiger charge is 2.13. The van der Waals surface area contributed by atoms with Crippen LogP contribution in [-0.4, -0.2) is 22.8 Å². The monoisotopic (exact) mass is 181 g/mol. The van der Waals surface area contributed by atoms with E-state index in [0.717, 1.165) is 19.3 Å². The normalized spacial score (nSPS) is 23.1. The molecule has 0 fully saturated rings. The van der Waals surface area contributed by atoms with Crippen molar-refractivity contribution in [2.75, 3.05) is 0 Å². The average Bonchev–Trinajstić information content (AvgIpc) is 2.47. The maximum absolute atomic E-state index is 10.5. The van der Waals surface area contributed by atoms with Gasteiger partial charge in [-0.3, -0.25) is 4.99 Å². The lowest BCUT2D eigenvalue weighted by atomic mass is 10.1. The lowest BCUT2D eigenvalue weighted by Crippen LogP contribution is -2.00. The van der Waals surface area contributed by atoms with Gasteiger partial charge in [0.05, 0.1) is 6.04 Å². The SMILES string of the molecule is CC(=CCC1CCC(C)=N1)C(=O)O. The molecule has 0 aromatic rings. The maximum Gasteiger partial charge on any atom is 0.330 e. The molecule has 0 bridgehead atoms. The Morgan fingerprint density at radius 1 is 1.77 bits per heavy atom. The van der Waals surface area contributed by atoms with Gasteiger partial charge in [0.25, 0.3) is 0 Å². The first-order chi connectivity index (χ1) is 6.09. The lowest BCUT2D eigenvalue weighted by molar-refractivity contribution is -0.132. The van der Waals surface area contributed by atoms with E-state index in [0.29, 0.717) is 11.6 Å². The second-order valence-corrected chi connectivity index (χ2v) is 3.48. The van der Waals surface area contributed by atoms with Crippen LogP contribution in [0.5, 0.6) is 0 Å². The van der Waals surface area contributed by atoms with E-state index in [-0.39, 0.29) is 0 Å². The Morgan fingerprint density at radius 3 is 2.92 bits per heavy atom. The van der Waals surface area contributed by atoms with Gasteiger partial charge in [-0.05, 0) is 33.1 Å². The largest absolute Gasteiger partial charge is 0.478 e. The molecule has 1 N–H and O–H groups in total. The van der Waals surface area contributed by atoms with Gasteiger partial charge in [-0.25, -0.2) is 4.79 Å². The van der Waals surface area contributed by atoms with Gasteiger partial charge in [-0.1, -0.05) is 6.08 Å². The second kappa shape index (κ2) is 4.21. The Balaban J connectivity index is 2.43. The molecule has 3 nitrogen and oxygen atoms in total. The number of rotatable bonds is 3. The van der Waals surface area contributed by atoms with Crippen LogP contribution in [0.4, 0.5) is 0 Å². The molecule has 0 radical (unpaired) electrons. The van der Waals surface area contributed by atoms with Crippen LogP contribution in [0.3, 0.4) is 0 Å².